The van der Waals surface area contributed by atoms with Gasteiger partial charge in [-0.05, 0) is 66.1 Å². The van der Waals surface area contributed by atoms with Crippen LogP contribution in [0, 0.1) is 6.92 Å². The van der Waals surface area contributed by atoms with Crippen LogP contribution in [0.4, 0.5) is 13.2 Å². The maximum atomic E-state index is 13.0. The SMILES string of the molecule is CCc1ccc(-c2ccc(C3=NC(C4=CCCC=C4CC(F)(F)F)=NC3)cc2C)c(OC)c1. The van der Waals surface area contributed by atoms with Crippen molar-refractivity contribution in [1.82, 2.24) is 0 Å². The second-order valence-electron chi connectivity index (χ2n) is 8.33. The average Bonchev–Trinajstić information content (AvgIpc) is 3.28. The van der Waals surface area contributed by atoms with Crippen LogP contribution in [-0.4, -0.2) is 31.4 Å². The minimum absolute atomic E-state index is 0.270. The Morgan fingerprint density at radius 2 is 1.76 bits per heavy atom. The highest BCUT2D eigenvalue weighted by Crippen LogP contribution is 2.35. The lowest BCUT2D eigenvalue weighted by Crippen LogP contribution is -2.14. The number of nitrogens with zero attached hydrogens (tertiary/aromatic N) is 2. The summed E-state index contributed by atoms with van der Waals surface area (Å²) in [5.41, 5.74) is 6.87. The summed E-state index contributed by atoms with van der Waals surface area (Å²) in [5, 5.41) is 0. The van der Waals surface area contributed by atoms with Gasteiger partial charge < -0.3 is 4.74 Å². The smallest absolute Gasteiger partial charge is 0.393 e. The molecule has 33 heavy (non-hydrogen) atoms. The number of alkyl halides is 3. The standard InChI is InChI=1S/C27H27F3N2O/c1-4-18-9-11-23(25(14-18)33-3)21-12-10-19(13-17(21)2)24-16-31-26(32-24)22-8-6-5-7-20(22)15-27(28,29)30/h7-14H,4-6,15-16H2,1-3H3. The second-order valence-corrected chi connectivity index (χ2v) is 8.33. The quantitative estimate of drug-likeness (QED) is 0.463. The van der Waals surface area contributed by atoms with Crippen molar-refractivity contribution in [3.8, 4) is 16.9 Å². The van der Waals surface area contributed by atoms with E-state index in [0.717, 1.165) is 40.1 Å². The monoisotopic (exact) mass is 452 g/mol. The minimum atomic E-state index is -4.25. The molecular formula is C27H27F3N2O. The number of hydrogen-bond donors (Lipinski definition) is 0. The fraction of sp³-hybridized carbons (Fsp3) is 0.333. The fourth-order valence-electron chi connectivity index (χ4n) is 4.32. The molecular weight excluding hydrogens is 425 g/mol. The number of ether oxygens (including phenoxy) is 1. The molecule has 0 amide bonds. The topological polar surface area (TPSA) is 34.0 Å². The number of rotatable bonds is 6. The summed E-state index contributed by atoms with van der Waals surface area (Å²) >= 11 is 0. The zero-order valence-electron chi connectivity index (χ0n) is 19.1. The van der Waals surface area contributed by atoms with Crippen LogP contribution >= 0.6 is 0 Å². The van der Waals surface area contributed by atoms with Gasteiger partial charge in [-0.15, -0.1) is 0 Å². The van der Waals surface area contributed by atoms with E-state index < -0.39 is 12.6 Å². The zero-order chi connectivity index (χ0) is 23.6. The molecule has 0 aromatic heterocycles. The molecule has 3 nitrogen and oxygen atoms in total. The molecule has 0 unspecified atom stereocenters. The van der Waals surface area contributed by atoms with Gasteiger partial charge in [0.15, 0.2) is 5.84 Å². The van der Waals surface area contributed by atoms with Gasteiger partial charge in [-0.2, -0.15) is 13.2 Å². The van der Waals surface area contributed by atoms with Crippen molar-refractivity contribution in [2.45, 2.75) is 45.7 Å². The molecule has 2 aliphatic rings. The van der Waals surface area contributed by atoms with E-state index in [1.54, 1.807) is 13.2 Å². The van der Waals surface area contributed by atoms with E-state index in [1.807, 2.05) is 25.1 Å². The number of methoxy groups -OCH3 is 1. The fourth-order valence-corrected chi connectivity index (χ4v) is 4.32. The van der Waals surface area contributed by atoms with Crippen LogP contribution < -0.4 is 4.74 Å². The Kier molecular flexibility index (Phi) is 6.54. The summed E-state index contributed by atoms with van der Waals surface area (Å²) in [6.07, 6.45) is 0.538. The Labute approximate surface area is 192 Å². The third-order valence-corrected chi connectivity index (χ3v) is 6.03. The van der Waals surface area contributed by atoms with E-state index in [1.165, 1.54) is 5.56 Å². The highest BCUT2D eigenvalue weighted by atomic mass is 19.4. The van der Waals surface area contributed by atoms with E-state index in [0.29, 0.717) is 30.8 Å². The lowest BCUT2D eigenvalue weighted by molar-refractivity contribution is -0.126. The maximum Gasteiger partial charge on any atom is 0.393 e. The molecule has 0 atom stereocenters. The predicted octanol–water partition coefficient (Wildman–Crippen LogP) is 7.03. The molecule has 4 rings (SSSR count). The third kappa shape index (κ3) is 5.10. The average molecular weight is 453 g/mol. The summed E-state index contributed by atoms with van der Waals surface area (Å²) in [5.74, 6) is 1.24. The predicted molar refractivity (Wildman–Crippen MR) is 127 cm³/mol. The molecule has 0 bridgehead atoms. The number of aryl methyl sites for hydroxylation is 2. The van der Waals surface area contributed by atoms with E-state index in [-0.39, 0.29) is 5.57 Å². The minimum Gasteiger partial charge on any atom is -0.496 e. The molecule has 0 spiro atoms. The lowest BCUT2D eigenvalue weighted by atomic mass is 9.94. The first-order valence-electron chi connectivity index (χ1n) is 11.2. The Bertz CT molecular complexity index is 1190. The number of aliphatic imine (C=N–C) groups is 2. The van der Waals surface area contributed by atoms with Gasteiger partial charge in [0.25, 0.3) is 0 Å². The van der Waals surface area contributed by atoms with Gasteiger partial charge in [0.2, 0.25) is 0 Å². The number of halogens is 3. The molecule has 1 heterocycles. The molecule has 1 aliphatic heterocycles. The Morgan fingerprint density at radius 1 is 1.00 bits per heavy atom. The third-order valence-electron chi connectivity index (χ3n) is 6.03. The van der Waals surface area contributed by atoms with Gasteiger partial charge in [-0.1, -0.05) is 43.3 Å². The Balaban J connectivity index is 1.59. The summed E-state index contributed by atoms with van der Waals surface area (Å²) in [7, 11) is 1.68. The lowest BCUT2D eigenvalue weighted by Gasteiger charge is -2.16. The molecule has 0 saturated carbocycles. The number of amidine groups is 1. The summed E-state index contributed by atoms with van der Waals surface area (Å²) in [6, 6.07) is 12.3. The van der Waals surface area contributed by atoms with Crippen LogP contribution in [0.1, 0.15) is 42.9 Å². The van der Waals surface area contributed by atoms with Gasteiger partial charge in [-0.3, -0.25) is 4.99 Å². The van der Waals surface area contributed by atoms with Gasteiger partial charge in [0.05, 0.1) is 25.8 Å². The first-order chi connectivity index (χ1) is 15.8. The van der Waals surface area contributed by atoms with Crippen molar-refractivity contribution in [3.05, 3.63) is 76.4 Å². The van der Waals surface area contributed by atoms with Crippen molar-refractivity contribution in [2.24, 2.45) is 9.98 Å². The second kappa shape index (κ2) is 9.38. The molecule has 2 aromatic carbocycles. The summed E-state index contributed by atoms with van der Waals surface area (Å²) in [4.78, 5) is 9.10. The highest BCUT2D eigenvalue weighted by molar-refractivity contribution is 6.18. The Hall–Kier alpha value is -3.15. The van der Waals surface area contributed by atoms with Crippen LogP contribution in [0.25, 0.3) is 11.1 Å². The van der Waals surface area contributed by atoms with Gasteiger partial charge in [0.1, 0.15) is 5.75 Å². The number of benzene rings is 2. The van der Waals surface area contributed by atoms with Gasteiger partial charge in [-0.25, -0.2) is 4.99 Å². The van der Waals surface area contributed by atoms with E-state index in [9.17, 15) is 13.2 Å². The normalized spacial score (nSPS) is 16.2. The van der Waals surface area contributed by atoms with E-state index >= 15 is 0 Å². The highest BCUT2D eigenvalue weighted by Gasteiger charge is 2.32. The van der Waals surface area contributed by atoms with E-state index in [2.05, 4.69) is 41.2 Å². The van der Waals surface area contributed by atoms with Crippen molar-refractivity contribution in [3.63, 3.8) is 0 Å². The van der Waals surface area contributed by atoms with E-state index in [4.69, 9.17) is 4.74 Å². The summed E-state index contributed by atoms with van der Waals surface area (Å²) < 4.78 is 44.6. The van der Waals surface area contributed by atoms with Crippen molar-refractivity contribution in [1.29, 1.82) is 0 Å². The van der Waals surface area contributed by atoms with Crippen molar-refractivity contribution >= 4 is 11.5 Å². The van der Waals surface area contributed by atoms with Crippen LogP contribution in [0.3, 0.4) is 0 Å². The van der Waals surface area contributed by atoms with Gasteiger partial charge >= 0.3 is 6.18 Å². The molecule has 1 aliphatic carbocycles. The summed E-state index contributed by atoms with van der Waals surface area (Å²) in [6.45, 7) is 4.51. The molecule has 0 fully saturated rings. The van der Waals surface area contributed by atoms with Crippen molar-refractivity contribution < 1.29 is 17.9 Å². The molecule has 2 aromatic rings. The molecule has 0 radical (unpaired) electrons. The van der Waals surface area contributed by atoms with Gasteiger partial charge in [0, 0.05) is 11.1 Å². The first kappa shape index (κ1) is 23.0. The number of allylic oxidation sites excluding steroid dienone is 2. The molecule has 0 saturated heterocycles. The van der Waals surface area contributed by atoms with Crippen LogP contribution in [0.5, 0.6) is 5.75 Å². The Morgan fingerprint density at radius 3 is 2.45 bits per heavy atom. The molecule has 6 heteroatoms. The zero-order valence-corrected chi connectivity index (χ0v) is 19.1. The van der Waals surface area contributed by atoms with Crippen molar-refractivity contribution in [2.75, 3.05) is 13.7 Å². The maximum absolute atomic E-state index is 13.0. The largest absolute Gasteiger partial charge is 0.496 e. The molecule has 0 N–H and O–H groups in total. The first-order valence-corrected chi connectivity index (χ1v) is 11.2. The van der Waals surface area contributed by atoms with Crippen LogP contribution in [0.2, 0.25) is 0 Å². The number of hydrogen-bond acceptors (Lipinski definition) is 3. The van der Waals surface area contributed by atoms with Crippen LogP contribution in [-0.2, 0) is 6.42 Å². The molecule has 172 valence electrons. The van der Waals surface area contributed by atoms with Crippen LogP contribution in [0.15, 0.2) is 69.7 Å².